The standard InChI is InChI=1S/C25H27ClN4O3/c26-12-4-7-24(31)28-20-10-13-29(17-20)23-9-8-21(16-27-23)30-14-11-22(15-25(30)32)33-18-19-5-2-1-3-6-19/h1-3,5-6,8-9,11,14-16,20H,4,7,10,12-13,17-18H2,(H,28,31). The van der Waals surface area contributed by atoms with Crippen LogP contribution in [0.1, 0.15) is 24.8 Å². The number of nitrogens with zero attached hydrogens (tertiary/aromatic N) is 3. The Balaban J connectivity index is 1.35. The van der Waals surface area contributed by atoms with E-state index in [2.05, 4.69) is 15.2 Å². The summed E-state index contributed by atoms with van der Waals surface area (Å²) in [6.07, 6.45) is 5.40. The van der Waals surface area contributed by atoms with Gasteiger partial charge in [0, 0.05) is 43.7 Å². The normalized spacial score (nSPS) is 15.4. The highest BCUT2D eigenvalue weighted by Crippen LogP contribution is 2.20. The fraction of sp³-hybridized carbons (Fsp3) is 0.320. The zero-order chi connectivity index (χ0) is 23.0. The lowest BCUT2D eigenvalue weighted by Crippen LogP contribution is -2.37. The number of benzene rings is 1. The number of halogens is 1. The van der Waals surface area contributed by atoms with Crippen LogP contribution in [0.2, 0.25) is 0 Å². The third-order valence-corrected chi connectivity index (χ3v) is 5.83. The van der Waals surface area contributed by atoms with Crippen LogP contribution in [0.4, 0.5) is 5.82 Å². The Kier molecular flexibility index (Phi) is 7.62. The highest BCUT2D eigenvalue weighted by atomic mass is 35.5. The largest absolute Gasteiger partial charge is 0.489 e. The zero-order valence-corrected chi connectivity index (χ0v) is 19.1. The fourth-order valence-electron chi connectivity index (χ4n) is 3.83. The molecule has 1 atom stereocenters. The maximum Gasteiger partial charge on any atom is 0.258 e. The Morgan fingerprint density at radius 1 is 1.18 bits per heavy atom. The molecule has 0 spiro atoms. The van der Waals surface area contributed by atoms with Gasteiger partial charge in [0.25, 0.3) is 5.56 Å². The maximum atomic E-state index is 12.6. The number of ether oxygens (including phenoxy) is 1. The van der Waals surface area contributed by atoms with Crippen LogP contribution in [0.5, 0.6) is 5.75 Å². The zero-order valence-electron chi connectivity index (χ0n) is 18.3. The molecule has 2 aromatic heterocycles. The van der Waals surface area contributed by atoms with Crippen LogP contribution < -0.4 is 20.5 Å². The Hall–Kier alpha value is -3.32. The maximum absolute atomic E-state index is 12.6. The minimum atomic E-state index is -0.184. The van der Waals surface area contributed by atoms with E-state index in [1.165, 1.54) is 10.6 Å². The van der Waals surface area contributed by atoms with Crippen molar-refractivity contribution in [1.29, 1.82) is 0 Å². The van der Waals surface area contributed by atoms with Gasteiger partial charge in [0.05, 0.1) is 11.9 Å². The lowest BCUT2D eigenvalue weighted by Gasteiger charge is -2.18. The highest BCUT2D eigenvalue weighted by molar-refractivity contribution is 6.17. The lowest BCUT2D eigenvalue weighted by atomic mass is 10.2. The molecule has 1 N–H and O–H groups in total. The second kappa shape index (κ2) is 11.0. The molecule has 0 aliphatic carbocycles. The molecule has 1 aliphatic rings. The molecule has 1 fully saturated rings. The number of carbonyl (C=O) groups is 1. The summed E-state index contributed by atoms with van der Waals surface area (Å²) in [7, 11) is 0. The van der Waals surface area contributed by atoms with Crippen molar-refractivity contribution in [3.8, 4) is 11.4 Å². The lowest BCUT2D eigenvalue weighted by molar-refractivity contribution is -0.121. The number of hydrogen-bond donors (Lipinski definition) is 1. The van der Waals surface area contributed by atoms with Gasteiger partial charge in [-0.3, -0.25) is 14.2 Å². The molecular weight excluding hydrogens is 440 g/mol. The second-order valence-electron chi connectivity index (χ2n) is 8.01. The summed E-state index contributed by atoms with van der Waals surface area (Å²) in [6.45, 7) is 1.94. The number of nitrogens with one attached hydrogen (secondary N) is 1. The smallest absolute Gasteiger partial charge is 0.258 e. The van der Waals surface area contributed by atoms with Gasteiger partial charge in [0.15, 0.2) is 0 Å². The van der Waals surface area contributed by atoms with Crippen LogP contribution in [0, 0.1) is 0 Å². The molecule has 7 nitrogen and oxygen atoms in total. The van der Waals surface area contributed by atoms with Crippen molar-refractivity contribution in [3.63, 3.8) is 0 Å². The van der Waals surface area contributed by atoms with Gasteiger partial charge in [-0.1, -0.05) is 30.3 Å². The molecule has 0 bridgehead atoms. The molecule has 3 heterocycles. The highest BCUT2D eigenvalue weighted by Gasteiger charge is 2.24. The van der Waals surface area contributed by atoms with Crippen molar-refractivity contribution in [2.24, 2.45) is 0 Å². The van der Waals surface area contributed by atoms with Gasteiger partial charge < -0.3 is 15.0 Å². The number of aromatic nitrogens is 2. The fourth-order valence-corrected chi connectivity index (χ4v) is 3.96. The number of amides is 1. The van der Waals surface area contributed by atoms with Gasteiger partial charge in [-0.15, -0.1) is 11.6 Å². The van der Waals surface area contributed by atoms with E-state index in [4.69, 9.17) is 16.3 Å². The second-order valence-corrected chi connectivity index (χ2v) is 8.39. The Labute approximate surface area is 198 Å². The Bertz CT molecular complexity index is 1120. The molecule has 1 unspecified atom stereocenters. The molecule has 3 aromatic rings. The van der Waals surface area contributed by atoms with Crippen LogP contribution in [-0.4, -0.2) is 40.5 Å². The monoisotopic (exact) mass is 466 g/mol. The first-order valence-corrected chi connectivity index (χ1v) is 11.6. The molecule has 8 heteroatoms. The summed E-state index contributed by atoms with van der Waals surface area (Å²) in [6, 6.07) is 17.0. The minimum absolute atomic E-state index is 0.0429. The Morgan fingerprint density at radius 3 is 2.76 bits per heavy atom. The van der Waals surface area contributed by atoms with Crippen molar-refractivity contribution in [1.82, 2.24) is 14.9 Å². The SMILES string of the molecule is O=C(CCCCl)NC1CCN(c2ccc(-n3ccc(OCc4ccccc4)cc3=O)cn2)C1. The van der Waals surface area contributed by atoms with Crippen LogP contribution in [0.3, 0.4) is 0 Å². The van der Waals surface area contributed by atoms with Crippen molar-refractivity contribution in [3.05, 3.63) is 82.9 Å². The third kappa shape index (κ3) is 6.14. The summed E-state index contributed by atoms with van der Waals surface area (Å²) in [5.41, 5.74) is 1.54. The molecular formula is C25H27ClN4O3. The van der Waals surface area contributed by atoms with Gasteiger partial charge >= 0.3 is 0 Å². The van der Waals surface area contributed by atoms with E-state index in [0.717, 1.165) is 24.3 Å². The molecule has 1 aromatic carbocycles. The van der Waals surface area contributed by atoms with Crippen molar-refractivity contribution in [2.45, 2.75) is 31.9 Å². The first kappa shape index (κ1) is 22.9. The summed E-state index contributed by atoms with van der Waals surface area (Å²) < 4.78 is 7.28. The van der Waals surface area contributed by atoms with E-state index in [1.807, 2.05) is 42.5 Å². The van der Waals surface area contributed by atoms with Gasteiger partial charge in [-0.05, 0) is 36.6 Å². The number of alkyl halides is 1. The van der Waals surface area contributed by atoms with Crippen LogP contribution in [-0.2, 0) is 11.4 Å². The molecule has 172 valence electrons. The van der Waals surface area contributed by atoms with Crippen LogP contribution >= 0.6 is 11.6 Å². The molecule has 33 heavy (non-hydrogen) atoms. The first-order valence-electron chi connectivity index (χ1n) is 11.1. The third-order valence-electron chi connectivity index (χ3n) is 5.56. The molecule has 0 saturated carbocycles. The van der Waals surface area contributed by atoms with Crippen molar-refractivity contribution >= 4 is 23.3 Å². The molecule has 4 rings (SSSR count). The summed E-state index contributed by atoms with van der Waals surface area (Å²) in [4.78, 5) is 31.2. The summed E-state index contributed by atoms with van der Waals surface area (Å²) >= 11 is 5.65. The van der Waals surface area contributed by atoms with Gasteiger partial charge in [-0.25, -0.2) is 4.98 Å². The number of pyridine rings is 2. The van der Waals surface area contributed by atoms with Gasteiger partial charge in [-0.2, -0.15) is 0 Å². The predicted octanol–water partition coefficient (Wildman–Crippen LogP) is 3.53. The Morgan fingerprint density at radius 2 is 2.03 bits per heavy atom. The van der Waals surface area contributed by atoms with Crippen LogP contribution in [0.25, 0.3) is 5.69 Å². The number of anilines is 1. The van der Waals surface area contributed by atoms with E-state index >= 15 is 0 Å². The predicted molar refractivity (Wildman–Crippen MR) is 129 cm³/mol. The number of carbonyl (C=O) groups excluding carboxylic acids is 1. The van der Waals surface area contributed by atoms with E-state index in [-0.39, 0.29) is 17.5 Å². The average Bonchev–Trinajstić information content (AvgIpc) is 3.30. The van der Waals surface area contributed by atoms with E-state index in [9.17, 15) is 9.59 Å². The van der Waals surface area contributed by atoms with Gasteiger partial charge in [0.1, 0.15) is 18.2 Å². The summed E-state index contributed by atoms with van der Waals surface area (Å²) in [5.74, 6) is 1.89. The number of rotatable bonds is 9. The van der Waals surface area contributed by atoms with Crippen molar-refractivity contribution in [2.75, 3.05) is 23.9 Å². The minimum Gasteiger partial charge on any atom is -0.489 e. The first-order chi connectivity index (χ1) is 16.1. The van der Waals surface area contributed by atoms with E-state index < -0.39 is 0 Å². The van der Waals surface area contributed by atoms with Crippen molar-refractivity contribution < 1.29 is 9.53 Å². The van der Waals surface area contributed by atoms with Gasteiger partial charge in [0.2, 0.25) is 5.91 Å². The number of hydrogen-bond acceptors (Lipinski definition) is 5. The quantitative estimate of drug-likeness (QED) is 0.488. The molecule has 0 radical (unpaired) electrons. The average molecular weight is 467 g/mol. The molecule has 1 saturated heterocycles. The van der Waals surface area contributed by atoms with E-state index in [0.29, 0.717) is 43.3 Å². The van der Waals surface area contributed by atoms with E-state index in [1.54, 1.807) is 18.5 Å². The van der Waals surface area contributed by atoms with Crippen LogP contribution in [0.15, 0.2) is 71.8 Å². The molecule has 1 aliphatic heterocycles. The molecule has 1 amide bonds. The summed E-state index contributed by atoms with van der Waals surface area (Å²) in [5, 5.41) is 3.06. The topological polar surface area (TPSA) is 76.5 Å².